The van der Waals surface area contributed by atoms with Crippen molar-refractivity contribution in [1.82, 2.24) is 4.98 Å². The zero-order valence-corrected chi connectivity index (χ0v) is 10.0. The molecule has 0 spiro atoms. The molecule has 0 unspecified atom stereocenters. The molecule has 0 radical (unpaired) electrons. The lowest BCUT2D eigenvalue weighted by molar-refractivity contribution is 0.0693. The Kier molecular flexibility index (Phi) is 3.60. The Labute approximate surface area is 111 Å². The first-order valence-electron chi connectivity index (χ1n) is 5.51. The van der Waals surface area contributed by atoms with Crippen molar-refractivity contribution >= 4 is 17.6 Å². The molecule has 0 atom stereocenters. The molecule has 0 aliphatic rings. The zero-order valence-electron chi connectivity index (χ0n) is 10.0. The maximum atomic E-state index is 13.4. The molecule has 1 heterocycles. The molecule has 1 aromatic carbocycles. The van der Waals surface area contributed by atoms with E-state index in [0.29, 0.717) is 0 Å². The summed E-state index contributed by atoms with van der Waals surface area (Å²) in [6.45, 7) is 0. The van der Waals surface area contributed by atoms with Crippen molar-refractivity contribution in [2.24, 2.45) is 0 Å². The number of halogens is 1. The standard InChI is InChI=1S/C13H9FN2O4/c14-8-2-1-3-9(11(8)13(19)20)16-12(18)7-6-15-5-4-10(7)17/h1-6H,(H,15,17)(H,16,18)(H,19,20). The molecule has 0 saturated carbocycles. The van der Waals surface area contributed by atoms with Gasteiger partial charge in [0.25, 0.3) is 5.91 Å². The number of carbonyl (C=O) groups is 2. The Balaban J connectivity index is 2.39. The van der Waals surface area contributed by atoms with Gasteiger partial charge in [-0.1, -0.05) is 6.07 Å². The van der Waals surface area contributed by atoms with Crippen LogP contribution in [0, 0.1) is 5.82 Å². The Morgan fingerprint density at radius 1 is 1.25 bits per heavy atom. The highest BCUT2D eigenvalue weighted by Crippen LogP contribution is 2.19. The number of aromatic carboxylic acids is 1. The van der Waals surface area contributed by atoms with Crippen LogP contribution in [-0.4, -0.2) is 22.0 Å². The van der Waals surface area contributed by atoms with E-state index in [1.165, 1.54) is 24.5 Å². The summed E-state index contributed by atoms with van der Waals surface area (Å²) in [6, 6.07) is 4.61. The predicted molar refractivity (Wildman–Crippen MR) is 68.4 cm³/mol. The number of aromatic nitrogens is 1. The predicted octanol–water partition coefficient (Wildman–Crippen LogP) is 1.46. The minimum Gasteiger partial charge on any atom is -0.478 e. The number of rotatable bonds is 3. The molecular formula is C13H9FN2O4. The van der Waals surface area contributed by atoms with Crippen LogP contribution in [0.3, 0.4) is 0 Å². The molecule has 3 N–H and O–H groups in total. The number of hydrogen-bond acceptors (Lipinski definition) is 3. The van der Waals surface area contributed by atoms with Crippen molar-refractivity contribution in [1.29, 1.82) is 0 Å². The molecule has 2 rings (SSSR count). The summed E-state index contributed by atoms with van der Waals surface area (Å²) in [7, 11) is 0. The minimum absolute atomic E-state index is 0.201. The van der Waals surface area contributed by atoms with E-state index in [0.717, 1.165) is 12.1 Å². The lowest BCUT2D eigenvalue weighted by atomic mass is 10.1. The topological polar surface area (TPSA) is 99.3 Å². The van der Waals surface area contributed by atoms with Crippen molar-refractivity contribution in [2.75, 3.05) is 5.32 Å². The number of carbonyl (C=O) groups excluding carboxylic acids is 1. The summed E-state index contributed by atoms with van der Waals surface area (Å²) in [5, 5.41) is 11.1. The van der Waals surface area contributed by atoms with Crippen molar-refractivity contribution in [3.63, 3.8) is 0 Å². The fraction of sp³-hybridized carbons (Fsp3) is 0. The maximum Gasteiger partial charge on any atom is 0.340 e. The first kappa shape index (κ1) is 13.5. The Hall–Kier alpha value is -2.96. The van der Waals surface area contributed by atoms with E-state index in [9.17, 15) is 18.8 Å². The van der Waals surface area contributed by atoms with Gasteiger partial charge in [-0.05, 0) is 12.1 Å². The second-order valence-corrected chi connectivity index (χ2v) is 3.84. The maximum absolute atomic E-state index is 13.4. The molecular weight excluding hydrogens is 267 g/mol. The first-order valence-corrected chi connectivity index (χ1v) is 5.51. The average molecular weight is 276 g/mol. The number of hydrogen-bond donors (Lipinski definition) is 3. The van der Waals surface area contributed by atoms with E-state index in [1.807, 2.05) is 0 Å². The van der Waals surface area contributed by atoms with Gasteiger partial charge >= 0.3 is 5.97 Å². The quantitative estimate of drug-likeness (QED) is 0.790. The number of carboxylic acids is 1. The van der Waals surface area contributed by atoms with Gasteiger partial charge in [0, 0.05) is 18.5 Å². The van der Waals surface area contributed by atoms with Crippen molar-refractivity contribution in [3.8, 4) is 0 Å². The van der Waals surface area contributed by atoms with E-state index in [-0.39, 0.29) is 11.3 Å². The van der Waals surface area contributed by atoms with Crippen LogP contribution >= 0.6 is 0 Å². The van der Waals surface area contributed by atoms with Gasteiger partial charge in [-0.15, -0.1) is 0 Å². The van der Waals surface area contributed by atoms with Crippen LogP contribution in [0.5, 0.6) is 0 Å². The normalized spacial score (nSPS) is 10.1. The second kappa shape index (κ2) is 5.35. The van der Waals surface area contributed by atoms with E-state index in [2.05, 4.69) is 10.3 Å². The number of anilines is 1. The van der Waals surface area contributed by atoms with E-state index < -0.39 is 28.7 Å². The van der Waals surface area contributed by atoms with Gasteiger partial charge in [0.1, 0.15) is 16.9 Å². The van der Waals surface area contributed by atoms with Gasteiger partial charge in [0.15, 0.2) is 5.43 Å². The molecule has 20 heavy (non-hydrogen) atoms. The van der Waals surface area contributed by atoms with Gasteiger partial charge in [0.05, 0.1) is 5.69 Å². The first-order chi connectivity index (χ1) is 9.50. The van der Waals surface area contributed by atoms with Crippen LogP contribution in [0.2, 0.25) is 0 Å². The molecule has 1 amide bonds. The molecule has 0 bridgehead atoms. The second-order valence-electron chi connectivity index (χ2n) is 3.84. The lowest BCUT2D eigenvalue weighted by Crippen LogP contribution is -2.22. The molecule has 0 aliphatic carbocycles. The SMILES string of the molecule is O=C(O)c1c(F)cccc1NC(=O)c1c[nH]ccc1=O. The molecule has 0 aliphatic heterocycles. The van der Waals surface area contributed by atoms with Crippen LogP contribution in [0.15, 0.2) is 41.5 Å². The molecule has 1 aromatic heterocycles. The number of H-pyrrole nitrogens is 1. The zero-order chi connectivity index (χ0) is 14.7. The van der Waals surface area contributed by atoms with Gasteiger partial charge in [-0.2, -0.15) is 0 Å². The Morgan fingerprint density at radius 2 is 2.00 bits per heavy atom. The van der Waals surface area contributed by atoms with Gasteiger partial charge in [-0.25, -0.2) is 9.18 Å². The largest absolute Gasteiger partial charge is 0.478 e. The Bertz CT molecular complexity index is 739. The van der Waals surface area contributed by atoms with Crippen molar-refractivity contribution in [3.05, 3.63) is 63.8 Å². The molecule has 2 aromatic rings. The molecule has 7 heteroatoms. The summed E-state index contributed by atoms with van der Waals surface area (Å²) in [6.07, 6.45) is 2.53. The molecule has 6 nitrogen and oxygen atoms in total. The van der Waals surface area contributed by atoms with E-state index in [4.69, 9.17) is 5.11 Å². The smallest absolute Gasteiger partial charge is 0.340 e. The number of amides is 1. The van der Waals surface area contributed by atoms with Crippen LogP contribution < -0.4 is 10.7 Å². The average Bonchev–Trinajstić information content (AvgIpc) is 2.38. The summed E-state index contributed by atoms with van der Waals surface area (Å²) in [5.74, 6) is -3.31. The third-order valence-corrected chi connectivity index (χ3v) is 2.54. The number of nitrogens with one attached hydrogen (secondary N) is 2. The third kappa shape index (κ3) is 2.56. The Morgan fingerprint density at radius 3 is 2.65 bits per heavy atom. The van der Waals surface area contributed by atoms with Gasteiger partial charge < -0.3 is 15.4 Å². The van der Waals surface area contributed by atoms with Crippen LogP contribution in [0.1, 0.15) is 20.7 Å². The number of carboxylic acid groups (broad SMARTS) is 1. The third-order valence-electron chi connectivity index (χ3n) is 2.54. The highest BCUT2D eigenvalue weighted by Gasteiger charge is 2.18. The highest BCUT2D eigenvalue weighted by molar-refractivity contribution is 6.07. The van der Waals surface area contributed by atoms with Crippen LogP contribution in [-0.2, 0) is 0 Å². The van der Waals surface area contributed by atoms with Crippen molar-refractivity contribution in [2.45, 2.75) is 0 Å². The lowest BCUT2D eigenvalue weighted by Gasteiger charge is -2.08. The summed E-state index contributed by atoms with van der Waals surface area (Å²) in [4.78, 5) is 36.9. The fourth-order valence-corrected chi connectivity index (χ4v) is 1.63. The van der Waals surface area contributed by atoms with E-state index in [1.54, 1.807) is 0 Å². The minimum atomic E-state index is -1.51. The molecule has 0 saturated heterocycles. The summed E-state index contributed by atoms with van der Waals surface area (Å²) >= 11 is 0. The van der Waals surface area contributed by atoms with Crippen LogP contribution in [0.4, 0.5) is 10.1 Å². The summed E-state index contributed by atoms with van der Waals surface area (Å²) in [5.41, 5.74) is -1.61. The monoisotopic (exact) mass is 276 g/mol. The van der Waals surface area contributed by atoms with Crippen molar-refractivity contribution < 1.29 is 19.1 Å². The fourth-order valence-electron chi connectivity index (χ4n) is 1.63. The molecule has 102 valence electrons. The van der Waals surface area contributed by atoms with Gasteiger partial charge in [0.2, 0.25) is 0 Å². The number of aromatic amines is 1. The molecule has 0 fully saturated rings. The van der Waals surface area contributed by atoms with Gasteiger partial charge in [-0.3, -0.25) is 9.59 Å². The number of pyridine rings is 1. The van der Waals surface area contributed by atoms with Crippen LogP contribution in [0.25, 0.3) is 0 Å². The summed E-state index contributed by atoms with van der Waals surface area (Å²) < 4.78 is 13.4. The van der Waals surface area contributed by atoms with E-state index >= 15 is 0 Å². The highest BCUT2D eigenvalue weighted by atomic mass is 19.1. The number of benzene rings is 1.